The van der Waals surface area contributed by atoms with Crippen LogP contribution in [-0.4, -0.2) is 58.3 Å². The number of rotatable bonds is 3. The molecule has 6 rings (SSSR count). The van der Waals surface area contributed by atoms with Crippen LogP contribution in [0.15, 0.2) is 24.3 Å². The predicted octanol–water partition coefficient (Wildman–Crippen LogP) is 3.05. The molecule has 1 aromatic heterocycles. The highest BCUT2D eigenvalue weighted by Crippen LogP contribution is 2.30. The molecule has 1 aliphatic carbocycles. The van der Waals surface area contributed by atoms with Gasteiger partial charge in [-0.25, -0.2) is 0 Å². The molecule has 3 aliphatic heterocycles. The third-order valence-corrected chi connectivity index (χ3v) is 6.41. The summed E-state index contributed by atoms with van der Waals surface area (Å²) in [6.45, 7) is 3.10. The molecule has 3 fully saturated rings. The molecule has 4 heterocycles. The van der Waals surface area contributed by atoms with E-state index in [0.717, 1.165) is 30.3 Å². The molecule has 0 unspecified atom stereocenters. The second-order valence-electron chi connectivity index (χ2n) is 8.13. The molecular formula is C22H28N4O3. The van der Waals surface area contributed by atoms with E-state index in [-0.39, 0.29) is 18.4 Å². The molecule has 154 valence electrons. The number of H-pyrrole nitrogens is 1. The first-order chi connectivity index (χ1) is 14.2. The van der Waals surface area contributed by atoms with Crippen molar-refractivity contribution in [1.82, 2.24) is 20.4 Å². The zero-order chi connectivity index (χ0) is 20.2. The number of fused-ring (bicyclic) bond motifs is 4. The van der Waals surface area contributed by atoms with E-state index in [0.29, 0.717) is 11.6 Å². The summed E-state index contributed by atoms with van der Waals surface area (Å²) < 4.78 is 0. The molecule has 1 aromatic carbocycles. The monoisotopic (exact) mass is 396 g/mol. The maximum atomic E-state index is 12.9. The van der Waals surface area contributed by atoms with E-state index in [1.807, 2.05) is 0 Å². The highest BCUT2D eigenvalue weighted by Gasteiger charge is 2.35. The Morgan fingerprint density at radius 1 is 1.28 bits per heavy atom. The van der Waals surface area contributed by atoms with Crippen molar-refractivity contribution in [2.24, 2.45) is 5.92 Å². The van der Waals surface area contributed by atoms with E-state index in [1.165, 1.54) is 49.9 Å². The Morgan fingerprint density at radius 2 is 2.07 bits per heavy atom. The maximum Gasteiger partial charge on any atom is 0.290 e. The van der Waals surface area contributed by atoms with E-state index in [1.54, 1.807) is 0 Å². The van der Waals surface area contributed by atoms with Gasteiger partial charge in [0.15, 0.2) is 5.69 Å². The highest BCUT2D eigenvalue weighted by molar-refractivity contribution is 6.05. The SMILES string of the molecule is O=C(N[C@H]1CN2CCC1CC2)c1n[nH]c2ccc(C3=CCCCC3)cc12.O=CO. The first-order valence-electron chi connectivity index (χ1n) is 10.5. The lowest BCUT2D eigenvalue weighted by atomic mass is 9.84. The average molecular weight is 396 g/mol. The van der Waals surface area contributed by atoms with Crippen molar-refractivity contribution >= 4 is 28.9 Å². The summed E-state index contributed by atoms with van der Waals surface area (Å²) in [7, 11) is 0. The van der Waals surface area contributed by atoms with Gasteiger partial charge in [0.2, 0.25) is 0 Å². The first-order valence-corrected chi connectivity index (χ1v) is 10.5. The molecule has 1 atom stereocenters. The Morgan fingerprint density at radius 3 is 2.72 bits per heavy atom. The van der Waals surface area contributed by atoms with E-state index < -0.39 is 0 Å². The zero-order valence-electron chi connectivity index (χ0n) is 16.6. The molecule has 0 saturated carbocycles. The number of carbonyl (C=O) groups excluding carboxylic acids is 1. The quantitative estimate of drug-likeness (QED) is 0.693. The van der Waals surface area contributed by atoms with E-state index in [4.69, 9.17) is 9.90 Å². The fraction of sp³-hybridized carbons (Fsp3) is 0.500. The van der Waals surface area contributed by atoms with Crippen molar-refractivity contribution in [1.29, 1.82) is 0 Å². The zero-order valence-corrected chi connectivity index (χ0v) is 16.6. The van der Waals surface area contributed by atoms with Gasteiger partial charge in [-0.3, -0.25) is 14.7 Å². The van der Waals surface area contributed by atoms with Gasteiger partial charge in [-0.15, -0.1) is 0 Å². The number of carbonyl (C=O) groups is 2. The number of nitrogens with zero attached hydrogens (tertiary/aromatic N) is 2. The summed E-state index contributed by atoms with van der Waals surface area (Å²) in [4.78, 5) is 23.7. The third-order valence-electron chi connectivity index (χ3n) is 6.41. The van der Waals surface area contributed by atoms with Crippen molar-refractivity contribution < 1.29 is 14.7 Å². The number of nitrogens with one attached hydrogen (secondary N) is 2. The molecule has 2 aromatic rings. The van der Waals surface area contributed by atoms with Crippen LogP contribution in [0.25, 0.3) is 16.5 Å². The Hall–Kier alpha value is -2.67. The van der Waals surface area contributed by atoms with E-state index in [2.05, 4.69) is 44.7 Å². The van der Waals surface area contributed by atoms with Crippen molar-refractivity contribution in [2.45, 2.75) is 44.6 Å². The molecule has 1 amide bonds. The number of piperidine rings is 3. The lowest BCUT2D eigenvalue weighted by Crippen LogP contribution is -2.57. The summed E-state index contributed by atoms with van der Waals surface area (Å²) in [6.07, 6.45) is 9.57. The van der Waals surface area contributed by atoms with Crippen molar-refractivity contribution in [3.8, 4) is 0 Å². The molecule has 29 heavy (non-hydrogen) atoms. The van der Waals surface area contributed by atoms with E-state index in [9.17, 15) is 4.79 Å². The molecule has 2 bridgehead atoms. The lowest BCUT2D eigenvalue weighted by molar-refractivity contribution is -0.122. The van der Waals surface area contributed by atoms with Gasteiger partial charge < -0.3 is 15.3 Å². The second kappa shape index (κ2) is 8.78. The van der Waals surface area contributed by atoms with Crippen LogP contribution in [-0.2, 0) is 4.79 Å². The van der Waals surface area contributed by atoms with Gasteiger partial charge in [0.25, 0.3) is 12.4 Å². The smallest absolute Gasteiger partial charge is 0.290 e. The molecule has 0 radical (unpaired) electrons. The van der Waals surface area contributed by atoms with Gasteiger partial charge in [-0.2, -0.15) is 5.10 Å². The van der Waals surface area contributed by atoms with Crippen LogP contribution in [0, 0.1) is 5.92 Å². The molecule has 7 nitrogen and oxygen atoms in total. The fourth-order valence-electron chi connectivity index (χ4n) is 4.85. The number of amides is 1. The van der Waals surface area contributed by atoms with Crippen molar-refractivity contribution in [3.05, 3.63) is 35.5 Å². The van der Waals surface area contributed by atoms with Crippen molar-refractivity contribution in [2.75, 3.05) is 19.6 Å². The second-order valence-corrected chi connectivity index (χ2v) is 8.13. The Labute approximate surface area is 170 Å². The van der Waals surface area contributed by atoms with Crippen LogP contribution in [0.4, 0.5) is 0 Å². The molecule has 3 N–H and O–H groups in total. The summed E-state index contributed by atoms with van der Waals surface area (Å²) >= 11 is 0. The minimum Gasteiger partial charge on any atom is -0.483 e. The van der Waals surface area contributed by atoms with Gasteiger partial charge in [-0.1, -0.05) is 12.1 Å². The van der Waals surface area contributed by atoms with Gasteiger partial charge in [0, 0.05) is 18.0 Å². The Balaban J connectivity index is 0.000000645. The van der Waals surface area contributed by atoms with Gasteiger partial charge in [0.1, 0.15) is 0 Å². The first kappa shape index (κ1) is 19.6. The summed E-state index contributed by atoms with van der Waals surface area (Å²) in [5, 5.41) is 18.5. The summed E-state index contributed by atoms with van der Waals surface area (Å²) in [5.74, 6) is 0.585. The Kier molecular flexibility index (Phi) is 5.94. The fourth-order valence-corrected chi connectivity index (χ4v) is 4.85. The number of aromatic amines is 1. The van der Waals surface area contributed by atoms with E-state index >= 15 is 0 Å². The van der Waals surface area contributed by atoms with Crippen LogP contribution in [0.5, 0.6) is 0 Å². The largest absolute Gasteiger partial charge is 0.483 e. The molecule has 0 spiro atoms. The van der Waals surface area contributed by atoms with Gasteiger partial charge in [-0.05, 0) is 80.8 Å². The number of hydrogen-bond acceptors (Lipinski definition) is 4. The summed E-state index contributed by atoms with van der Waals surface area (Å²) in [6, 6.07) is 6.60. The minimum absolute atomic E-state index is 0.0372. The van der Waals surface area contributed by atoms with Crippen LogP contribution >= 0.6 is 0 Å². The van der Waals surface area contributed by atoms with Crippen LogP contribution in [0.2, 0.25) is 0 Å². The van der Waals surface area contributed by atoms with Crippen LogP contribution < -0.4 is 5.32 Å². The number of benzene rings is 1. The average Bonchev–Trinajstić information content (AvgIpc) is 3.19. The molecule has 3 saturated heterocycles. The number of allylic oxidation sites excluding steroid dienone is 2. The lowest BCUT2D eigenvalue weighted by Gasteiger charge is -2.44. The minimum atomic E-state index is -0.250. The van der Waals surface area contributed by atoms with Gasteiger partial charge >= 0.3 is 0 Å². The molecular weight excluding hydrogens is 368 g/mol. The molecule has 7 heteroatoms. The molecule has 4 aliphatic rings. The Bertz CT molecular complexity index is 912. The highest BCUT2D eigenvalue weighted by atomic mass is 16.3. The maximum absolute atomic E-state index is 12.9. The van der Waals surface area contributed by atoms with Crippen molar-refractivity contribution in [3.63, 3.8) is 0 Å². The van der Waals surface area contributed by atoms with Gasteiger partial charge in [0.05, 0.1) is 5.52 Å². The van der Waals surface area contributed by atoms with Crippen LogP contribution in [0.1, 0.15) is 54.6 Å². The van der Waals surface area contributed by atoms with Crippen LogP contribution in [0.3, 0.4) is 0 Å². The topological polar surface area (TPSA) is 98.3 Å². The summed E-state index contributed by atoms with van der Waals surface area (Å²) in [5.41, 5.74) is 4.11. The third kappa shape index (κ3) is 4.19. The standard InChI is InChI=1S/C21H26N4O.CH2O2/c26-21(22-19-13-25-10-8-15(19)9-11-25)20-17-12-16(6-7-18(17)23-24-20)14-4-2-1-3-5-14;2-1-3/h4,6-7,12,15,19H,1-3,5,8-11,13H2,(H,22,26)(H,23,24);1H,(H,2,3)/t19-;/m0./s1. The normalized spacial score (nSPS) is 25.7. The number of aromatic nitrogens is 2. The number of hydrogen-bond donors (Lipinski definition) is 3. The predicted molar refractivity (Wildman–Crippen MR) is 112 cm³/mol. The number of carboxylic acid groups (broad SMARTS) is 1.